The maximum absolute atomic E-state index is 11.1. The summed E-state index contributed by atoms with van der Waals surface area (Å²) in [5.41, 5.74) is 3.15. The third kappa shape index (κ3) is 2.89. The minimum absolute atomic E-state index is 0.200. The number of hydrogen-bond acceptors (Lipinski definition) is 5. The normalized spacial score (nSPS) is 10.5. The number of aromatic carboxylic acids is 1. The zero-order valence-corrected chi connectivity index (χ0v) is 12.6. The Hall–Kier alpha value is -3.22. The zero-order chi connectivity index (χ0) is 16.4. The summed E-state index contributed by atoms with van der Waals surface area (Å²) in [7, 11) is 1.57. The van der Waals surface area contributed by atoms with Crippen molar-refractivity contribution < 1.29 is 14.6 Å². The highest BCUT2D eigenvalue weighted by molar-refractivity contribution is 5.88. The summed E-state index contributed by atoms with van der Waals surface area (Å²) in [6.45, 7) is 1.88. The first kappa shape index (κ1) is 14.7. The van der Waals surface area contributed by atoms with E-state index in [1.165, 1.54) is 0 Å². The van der Waals surface area contributed by atoms with E-state index in [4.69, 9.17) is 9.84 Å². The Morgan fingerprint density at radius 2 is 2.09 bits per heavy atom. The fraction of sp³-hybridized carbons (Fsp3) is 0.125. The molecule has 2 aromatic heterocycles. The van der Waals surface area contributed by atoms with Gasteiger partial charge in [-0.05, 0) is 30.7 Å². The van der Waals surface area contributed by atoms with Gasteiger partial charge in [0.25, 0.3) is 0 Å². The molecular weight excluding hydrogens is 296 g/mol. The number of aryl methyl sites for hydroxylation is 1. The molecule has 0 aliphatic carbocycles. The first-order valence-electron chi connectivity index (χ1n) is 6.84. The van der Waals surface area contributed by atoms with Crippen LogP contribution in [0.25, 0.3) is 16.9 Å². The molecule has 0 saturated carbocycles. The first-order valence-corrected chi connectivity index (χ1v) is 6.84. The molecular formula is C16H14N4O3. The van der Waals surface area contributed by atoms with E-state index in [1.807, 2.05) is 13.0 Å². The highest BCUT2D eigenvalue weighted by atomic mass is 16.5. The van der Waals surface area contributed by atoms with E-state index in [1.54, 1.807) is 48.6 Å². The SMILES string of the molecule is COc1cncc(-c2cn(-c3cc(C(=O)O)ccc3C)nn2)c1. The van der Waals surface area contributed by atoms with Crippen LogP contribution in [-0.2, 0) is 0 Å². The molecule has 3 rings (SSSR count). The summed E-state index contributed by atoms with van der Waals surface area (Å²) in [6.07, 6.45) is 5.00. The number of pyridine rings is 1. The van der Waals surface area contributed by atoms with E-state index in [9.17, 15) is 4.79 Å². The quantitative estimate of drug-likeness (QED) is 0.795. The summed E-state index contributed by atoms with van der Waals surface area (Å²) in [6, 6.07) is 6.68. The lowest BCUT2D eigenvalue weighted by Crippen LogP contribution is -2.02. The highest BCUT2D eigenvalue weighted by Gasteiger charge is 2.11. The number of carbonyl (C=O) groups is 1. The largest absolute Gasteiger partial charge is 0.495 e. The van der Waals surface area contributed by atoms with Crippen LogP contribution in [0.2, 0.25) is 0 Å². The first-order chi connectivity index (χ1) is 11.1. The van der Waals surface area contributed by atoms with Gasteiger partial charge in [0.2, 0.25) is 0 Å². The van der Waals surface area contributed by atoms with Crippen LogP contribution >= 0.6 is 0 Å². The number of hydrogen-bond donors (Lipinski definition) is 1. The topological polar surface area (TPSA) is 90.1 Å². The molecule has 0 fully saturated rings. The predicted octanol–water partition coefficient (Wildman–Crippen LogP) is 2.34. The molecule has 0 saturated heterocycles. The van der Waals surface area contributed by atoms with Crippen molar-refractivity contribution in [1.29, 1.82) is 0 Å². The third-order valence-corrected chi connectivity index (χ3v) is 3.44. The van der Waals surface area contributed by atoms with Crippen molar-refractivity contribution in [3.8, 4) is 22.7 Å². The third-order valence-electron chi connectivity index (χ3n) is 3.44. The summed E-state index contributed by atoms with van der Waals surface area (Å²) < 4.78 is 6.70. The Kier molecular flexibility index (Phi) is 3.76. The van der Waals surface area contributed by atoms with Gasteiger partial charge in [-0.15, -0.1) is 5.10 Å². The standard InChI is InChI=1S/C16H14N4O3/c1-10-3-4-11(16(21)22)6-15(10)20-9-14(18-19-20)12-5-13(23-2)8-17-7-12/h3-9H,1-2H3,(H,21,22). The number of carboxylic acids is 1. The fourth-order valence-corrected chi connectivity index (χ4v) is 2.17. The second kappa shape index (κ2) is 5.88. The molecule has 0 bridgehead atoms. The number of benzene rings is 1. The van der Waals surface area contributed by atoms with Gasteiger partial charge in [0, 0.05) is 11.8 Å². The van der Waals surface area contributed by atoms with E-state index in [-0.39, 0.29) is 5.56 Å². The van der Waals surface area contributed by atoms with Crippen LogP contribution in [0.1, 0.15) is 15.9 Å². The number of ether oxygens (including phenoxy) is 1. The predicted molar refractivity (Wildman–Crippen MR) is 82.8 cm³/mol. The van der Waals surface area contributed by atoms with Gasteiger partial charge in [-0.3, -0.25) is 4.98 Å². The van der Waals surface area contributed by atoms with Crippen molar-refractivity contribution in [1.82, 2.24) is 20.0 Å². The minimum atomic E-state index is -0.983. The Morgan fingerprint density at radius 1 is 1.26 bits per heavy atom. The number of rotatable bonds is 4. The molecule has 1 N–H and O–H groups in total. The van der Waals surface area contributed by atoms with Gasteiger partial charge in [-0.2, -0.15) is 0 Å². The van der Waals surface area contributed by atoms with Crippen molar-refractivity contribution >= 4 is 5.97 Å². The van der Waals surface area contributed by atoms with E-state index in [0.717, 1.165) is 11.1 Å². The summed E-state index contributed by atoms with van der Waals surface area (Å²) in [4.78, 5) is 15.2. The van der Waals surface area contributed by atoms with Gasteiger partial charge in [0.15, 0.2) is 0 Å². The summed E-state index contributed by atoms with van der Waals surface area (Å²) in [5, 5.41) is 17.3. The molecule has 7 nitrogen and oxygen atoms in total. The Bertz CT molecular complexity index is 873. The van der Waals surface area contributed by atoms with Crippen LogP contribution in [0.3, 0.4) is 0 Å². The van der Waals surface area contributed by atoms with E-state index in [2.05, 4.69) is 15.3 Å². The van der Waals surface area contributed by atoms with Crippen molar-refractivity contribution in [2.24, 2.45) is 0 Å². The lowest BCUT2D eigenvalue weighted by Gasteiger charge is -2.06. The number of nitrogens with zero attached hydrogens (tertiary/aromatic N) is 4. The Morgan fingerprint density at radius 3 is 2.83 bits per heavy atom. The van der Waals surface area contributed by atoms with E-state index >= 15 is 0 Å². The molecule has 1 aromatic carbocycles. The van der Waals surface area contributed by atoms with Crippen molar-refractivity contribution in [3.05, 3.63) is 54.0 Å². The van der Waals surface area contributed by atoms with Crippen LogP contribution in [0.15, 0.2) is 42.9 Å². The van der Waals surface area contributed by atoms with Crippen LogP contribution in [0.5, 0.6) is 5.75 Å². The average Bonchev–Trinajstić information content (AvgIpc) is 3.05. The number of carboxylic acid groups (broad SMARTS) is 1. The van der Waals surface area contributed by atoms with E-state index in [0.29, 0.717) is 17.1 Å². The molecule has 0 unspecified atom stereocenters. The lowest BCUT2D eigenvalue weighted by atomic mass is 10.1. The highest BCUT2D eigenvalue weighted by Crippen LogP contribution is 2.22. The Labute approximate surface area is 132 Å². The number of aromatic nitrogens is 4. The molecule has 0 radical (unpaired) electrons. The van der Waals surface area contributed by atoms with Gasteiger partial charge in [0.1, 0.15) is 11.4 Å². The zero-order valence-electron chi connectivity index (χ0n) is 12.6. The van der Waals surface area contributed by atoms with Crippen LogP contribution in [0, 0.1) is 6.92 Å². The van der Waals surface area contributed by atoms with Gasteiger partial charge < -0.3 is 9.84 Å². The van der Waals surface area contributed by atoms with Gasteiger partial charge in [-0.25, -0.2) is 9.48 Å². The smallest absolute Gasteiger partial charge is 0.335 e. The molecule has 7 heteroatoms. The van der Waals surface area contributed by atoms with Crippen molar-refractivity contribution in [2.75, 3.05) is 7.11 Å². The second-order valence-corrected chi connectivity index (χ2v) is 4.97. The van der Waals surface area contributed by atoms with E-state index < -0.39 is 5.97 Å². The molecule has 0 aliphatic rings. The second-order valence-electron chi connectivity index (χ2n) is 4.97. The lowest BCUT2D eigenvalue weighted by molar-refractivity contribution is 0.0697. The monoisotopic (exact) mass is 310 g/mol. The van der Waals surface area contributed by atoms with Crippen LogP contribution in [-0.4, -0.2) is 38.2 Å². The van der Waals surface area contributed by atoms with Crippen molar-refractivity contribution in [3.63, 3.8) is 0 Å². The van der Waals surface area contributed by atoms with Crippen LogP contribution < -0.4 is 4.74 Å². The van der Waals surface area contributed by atoms with Crippen LogP contribution in [0.4, 0.5) is 0 Å². The van der Waals surface area contributed by atoms with Gasteiger partial charge in [0.05, 0.1) is 30.8 Å². The molecule has 3 aromatic rings. The summed E-state index contributed by atoms with van der Waals surface area (Å²) >= 11 is 0. The van der Waals surface area contributed by atoms with Gasteiger partial charge in [-0.1, -0.05) is 11.3 Å². The summed E-state index contributed by atoms with van der Waals surface area (Å²) in [5.74, 6) is -0.357. The average molecular weight is 310 g/mol. The molecule has 0 atom stereocenters. The Balaban J connectivity index is 2.02. The minimum Gasteiger partial charge on any atom is -0.495 e. The molecule has 0 spiro atoms. The molecule has 0 aliphatic heterocycles. The maximum atomic E-state index is 11.1. The number of methoxy groups -OCH3 is 1. The fourth-order valence-electron chi connectivity index (χ4n) is 2.17. The maximum Gasteiger partial charge on any atom is 0.335 e. The van der Waals surface area contributed by atoms with Gasteiger partial charge >= 0.3 is 5.97 Å². The molecule has 23 heavy (non-hydrogen) atoms. The molecule has 0 amide bonds. The molecule has 116 valence electrons. The van der Waals surface area contributed by atoms with Crippen molar-refractivity contribution in [2.45, 2.75) is 6.92 Å². The molecule has 2 heterocycles.